The molecule has 90 valence electrons. The van der Waals surface area contributed by atoms with Crippen molar-refractivity contribution < 1.29 is 4.74 Å². The summed E-state index contributed by atoms with van der Waals surface area (Å²) in [5, 5.41) is 4.13. The van der Waals surface area contributed by atoms with E-state index in [0.29, 0.717) is 6.54 Å². The monoisotopic (exact) mass is 231 g/mol. The van der Waals surface area contributed by atoms with Crippen LogP contribution in [-0.2, 0) is 7.05 Å². The first-order valence-corrected chi connectivity index (χ1v) is 5.61. The molecule has 0 bridgehead atoms. The molecule has 1 aromatic heterocycles. The third kappa shape index (κ3) is 2.85. The first-order valence-electron chi connectivity index (χ1n) is 5.61. The number of ether oxygens (including phenoxy) is 1. The molecule has 2 aromatic rings. The van der Waals surface area contributed by atoms with E-state index in [1.54, 1.807) is 10.9 Å². The number of rotatable bonds is 4. The Morgan fingerprint density at radius 2 is 2.29 bits per heavy atom. The van der Waals surface area contributed by atoms with Crippen molar-refractivity contribution in [3.8, 4) is 5.75 Å². The highest BCUT2D eigenvalue weighted by atomic mass is 16.5. The minimum atomic E-state index is -0.148. The molecule has 0 aliphatic heterocycles. The number of hydrogen-bond acceptors (Lipinski definition) is 3. The Hall–Kier alpha value is -1.81. The molecular formula is C13H17N3O. The number of nitrogens with two attached hydrogens (primary N) is 1. The number of aryl methyl sites for hydroxylation is 2. The largest absolute Gasteiger partial charge is 0.484 e. The average molecular weight is 231 g/mol. The van der Waals surface area contributed by atoms with Crippen molar-refractivity contribution >= 4 is 0 Å². The Morgan fingerprint density at radius 1 is 1.47 bits per heavy atom. The summed E-state index contributed by atoms with van der Waals surface area (Å²) in [6, 6.07) is 7.95. The lowest BCUT2D eigenvalue weighted by atomic mass is 10.2. The van der Waals surface area contributed by atoms with Crippen LogP contribution < -0.4 is 10.5 Å². The van der Waals surface area contributed by atoms with Gasteiger partial charge >= 0.3 is 0 Å². The summed E-state index contributed by atoms with van der Waals surface area (Å²) in [5.41, 5.74) is 7.91. The summed E-state index contributed by atoms with van der Waals surface area (Å²) in [7, 11) is 1.88. The molecule has 0 amide bonds. The minimum Gasteiger partial charge on any atom is -0.484 e. The van der Waals surface area contributed by atoms with Crippen LogP contribution in [0, 0.1) is 6.92 Å². The lowest BCUT2D eigenvalue weighted by molar-refractivity contribution is 0.214. The van der Waals surface area contributed by atoms with E-state index < -0.39 is 0 Å². The third-order valence-corrected chi connectivity index (χ3v) is 2.58. The van der Waals surface area contributed by atoms with Crippen molar-refractivity contribution in [3.05, 3.63) is 47.8 Å². The fourth-order valence-corrected chi connectivity index (χ4v) is 1.71. The van der Waals surface area contributed by atoms with Gasteiger partial charge in [-0.1, -0.05) is 12.1 Å². The van der Waals surface area contributed by atoms with Gasteiger partial charge in [-0.2, -0.15) is 5.10 Å². The molecule has 1 atom stereocenters. The van der Waals surface area contributed by atoms with E-state index >= 15 is 0 Å². The van der Waals surface area contributed by atoms with Crippen LogP contribution in [0.4, 0.5) is 0 Å². The summed E-state index contributed by atoms with van der Waals surface area (Å²) < 4.78 is 7.61. The van der Waals surface area contributed by atoms with E-state index in [4.69, 9.17) is 10.5 Å². The second-order valence-corrected chi connectivity index (χ2v) is 4.11. The van der Waals surface area contributed by atoms with Crippen LogP contribution in [0.1, 0.15) is 17.2 Å². The standard InChI is InChI=1S/C13H17N3O/c1-10-4-3-5-12(6-10)17-13(7-14)11-8-15-16(2)9-11/h3-6,8-9,13H,7,14H2,1-2H3. The van der Waals surface area contributed by atoms with Crippen LogP contribution in [-0.4, -0.2) is 16.3 Å². The van der Waals surface area contributed by atoms with Gasteiger partial charge in [-0.05, 0) is 24.6 Å². The van der Waals surface area contributed by atoms with Gasteiger partial charge in [0.25, 0.3) is 0 Å². The zero-order valence-electron chi connectivity index (χ0n) is 10.1. The van der Waals surface area contributed by atoms with Crippen LogP contribution in [0.15, 0.2) is 36.7 Å². The molecule has 1 heterocycles. The number of hydrogen-bond donors (Lipinski definition) is 1. The normalized spacial score (nSPS) is 12.4. The zero-order valence-corrected chi connectivity index (χ0v) is 10.1. The second kappa shape index (κ2) is 5.01. The van der Waals surface area contributed by atoms with E-state index in [1.807, 2.05) is 44.4 Å². The molecule has 0 saturated heterocycles. The molecule has 0 saturated carbocycles. The summed E-state index contributed by atoms with van der Waals surface area (Å²) in [5.74, 6) is 0.837. The molecule has 2 N–H and O–H groups in total. The fraction of sp³-hybridized carbons (Fsp3) is 0.308. The van der Waals surface area contributed by atoms with Crippen molar-refractivity contribution in [1.29, 1.82) is 0 Å². The van der Waals surface area contributed by atoms with Crippen LogP contribution in [0.5, 0.6) is 5.75 Å². The maximum absolute atomic E-state index is 5.87. The van der Waals surface area contributed by atoms with Gasteiger partial charge < -0.3 is 10.5 Å². The Labute approximate surface area is 101 Å². The molecule has 1 aromatic carbocycles. The van der Waals surface area contributed by atoms with E-state index in [9.17, 15) is 0 Å². The summed E-state index contributed by atoms with van der Waals surface area (Å²) in [6.45, 7) is 2.47. The molecular weight excluding hydrogens is 214 g/mol. The maximum Gasteiger partial charge on any atom is 0.139 e. The van der Waals surface area contributed by atoms with Crippen molar-refractivity contribution in [2.24, 2.45) is 12.8 Å². The van der Waals surface area contributed by atoms with Crippen LogP contribution in [0.25, 0.3) is 0 Å². The number of aromatic nitrogens is 2. The van der Waals surface area contributed by atoms with Gasteiger partial charge in [0.2, 0.25) is 0 Å². The molecule has 2 rings (SSSR count). The van der Waals surface area contributed by atoms with Crippen LogP contribution in [0.2, 0.25) is 0 Å². The summed E-state index contributed by atoms with van der Waals surface area (Å²) in [6.07, 6.45) is 3.56. The minimum absolute atomic E-state index is 0.148. The quantitative estimate of drug-likeness (QED) is 0.873. The van der Waals surface area contributed by atoms with Crippen LogP contribution >= 0.6 is 0 Å². The molecule has 4 heteroatoms. The Kier molecular flexibility index (Phi) is 3.44. The predicted octanol–water partition coefficient (Wildman–Crippen LogP) is 1.81. The predicted molar refractivity (Wildman–Crippen MR) is 66.8 cm³/mol. The molecule has 0 radical (unpaired) electrons. The van der Waals surface area contributed by atoms with Crippen molar-refractivity contribution in [1.82, 2.24) is 9.78 Å². The highest BCUT2D eigenvalue weighted by Crippen LogP contribution is 2.21. The lowest BCUT2D eigenvalue weighted by Gasteiger charge is -2.16. The van der Waals surface area contributed by atoms with Gasteiger partial charge in [0, 0.05) is 25.4 Å². The zero-order chi connectivity index (χ0) is 12.3. The highest BCUT2D eigenvalue weighted by molar-refractivity contribution is 5.28. The van der Waals surface area contributed by atoms with Gasteiger partial charge in [-0.3, -0.25) is 4.68 Å². The van der Waals surface area contributed by atoms with Gasteiger partial charge in [0.15, 0.2) is 0 Å². The average Bonchev–Trinajstić information content (AvgIpc) is 2.73. The van der Waals surface area contributed by atoms with Gasteiger partial charge in [0.1, 0.15) is 11.9 Å². The third-order valence-electron chi connectivity index (χ3n) is 2.58. The Bertz CT molecular complexity index is 493. The lowest BCUT2D eigenvalue weighted by Crippen LogP contribution is -2.18. The van der Waals surface area contributed by atoms with Crippen molar-refractivity contribution in [3.63, 3.8) is 0 Å². The van der Waals surface area contributed by atoms with Gasteiger partial charge in [-0.25, -0.2) is 0 Å². The molecule has 1 unspecified atom stereocenters. The van der Waals surface area contributed by atoms with E-state index in [-0.39, 0.29) is 6.10 Å². The first-order chi connectivity index (χ1) is 8.19. The molecule has 17 heavy (non-hydrogen) atoms. The molecule has 4 nitrogen and oxygen atoms in total. The summed E-state index contributed by atoms with van der Waals surface area (Å²) in [4.78, 5) is 0. The van der Waals surface area contributed by atoms with Gasteiger partial charge in [-0.15, -0.1) is 0 Å². The van der Waals surface area contributed by atoms with E-state index in [1.165, 1.54) is 5.56 Å². The Morgan fingerprint density at radius 3 is 2.88 bits per heavy atom. The highest BCUT2D eigenvalue weighted by Gasteiger charge is 2.13. The molecule has 0 spiro atoms. The van der Waals surface area contributed by atoms with Crippen molar-refractivity contribution in [2.45, 2.75) is 13.0 Å². The van der Waals surface area contributed by atoms with E-state index in [0.717, 1.165) is 11.3 Å². The van der Waals surface area contributed by atoms with Gasteiger partial charge in [0.05, 0.1) is 6.20 Å². The van der Waals surface area contributed by atoms with E-state index in [2.05, 4.69) is 5.10 Å². The Balaban J connectivity index is 2.15. The second-order valence-electron chi connectivity index (χ2n) is 4.11. The SMILES string of the molecule is Cc1cccc(OC(CN)c2cnn(C)c2)c1. The van der Waals surface area contributed by atoms with Crippen molar-refractivity contribution in [2.75, 3.05) is 6.54 Å². The molecule has 0 aliphatic rings. The number of nitrogens with zero attached hydrogens (tertiary/aromatic N) is 2. The topological polar surface area (TPSA) is 53.1 Å². The maximum atomic E-state index is 5.87. The molecule has 0 fully saturated rings. The number of benzene rings is 1. The fourth-order valence-electron chi connectivity index (χ4n) is 1.71. The first kappa shape index (κ1) is 11.7. The summed E-state index contributed by atoms with van der Waals surface area (Å²) >= 11 is 0. The smallest absolute Gasteiger partial charge is 0.139 e. The molecule has 0 aliphatic carbocycles. The van der Waals surface area contributed by atoms with Crippen LogP contribution in [0.3, 0.4) is 0 Å².